The van der Waals surface area contributed by atoms with Crippen molar-refractivity contribution in [1.29, 1.82) is 0 Å². The average molecular weight is 321 g/mol. The Balaban J connectivity index is 2.31. The van der Waals surface area contributed by atoms with Gasteiger partial charge in [0, 0.05) is 11.8 Å². The topological polar surface area (TPSA) is 37.3 Å². The first kappa shape index (κ1) is 12.9. The Hall–Kier alpha value is -1.09. The molecule has 0 spiro atoms. The number of hydrogen-bond donors (Lipinski definition) is 1. The van der Waals surface area contributed by atoms with Crippen molar-refractivity contribution in [3.05, 3.63) is 33.3 Å². The minimum absolute atomic E-state index is 0.0939. The first-order chi connectivity index (χ1) is 9.00. The van der Waals surface area contributed by atoms with Crippen LogP contribution in [0.25, 0.3) is 5.57 Å². The molecule has 0 amide bonds. The molecule has 0 radical (unpaired) electrons. The van der Waals surface area contributed by atoms with Gasteiger partial charge in [-0.3, -0.25) is 4.79 Å². The molecule has 3 heteroatoms. The van der Waals surface area contributed by atoms with Gasteiger partial charge in [0.2, 0.25) is 0 Å². The number of hydrogen-bond acceptors (Lipinski definition) is 2. The molecule has 2 aliphatic rings. The number of allylic oxidation sites excluding steroid dienone is 2. The maximum atomic E-state index is 12.0. The summed E-state index contributed by atoms with van der Waals surface area (Å²) in [6.07, 6.45) is 3.54. The van der Waals surface area contributed by atoms with Crippen molar-refractivity contribution in [2.24, 2.45) is 5.41 Å². The van der Waals surface area contributed by atoms with E-state index >= 15 is 0 Å². The van der Waals surface area contributed by atoms with Crippen LogP contribution in [0.1, 0.15) is 44.2 Å². The zero-order chi connectivity index (χ0) is 13.8. The van der Waals surface area contributed by atoms with Gasteiger partial charge >= 0.3 is 0 Å². The molecule has 1 N–H and O–H groups in total. The second-order valence-electron chi connectivity index (χ2n) is 5.66. The lowest BCUT2D eigenvalue weighted by atomic mass is 9.68. The molecule has 1 unspecified atom stereocenters. The maximum Gasteiger partial charge on any atom is 0.158 e. The Labute approximate surface area is 121 Å². The summed E-state index contributed by atoms with van der Waals surface area (Å²) in [6, 6.07) is 3.68. The van der Waals surface area contributed by atoms with Crippen LogP contribution in [0.15, 0.2) is 22.2 Å². The summed E-state index contributed by atoms with van der Waals surface area (Å²) in [7, 11) is 0. The fraction of sp³-hybridized carbons (Fsp3) is 0.438. The fourth-order valence-corrected chi connectivity index (χ4v) is 4.19. The number of ketones is 1. The minimum atomic E-state index is 0.0939. The van der Waals surface area contributed by atoms with E-state index in [0.29, 0.717) is 6.42 Å². The molecule has 0 bridgehead atoms. The fourth-order valence-electron chi connectivity index (χ4n) is 3.70. The quantitative estimate of drug-likeness (QED) is 0.840. The average Bonchev–Trinajstić information content (AvgIpc) is 2.75. The molecule has 100 valence electrons. The number of Topliss-reactive ketones (excluding diaryl/α,β-unsaturated/α-hetero) is 1. The van der Waals surface area contributed by atoms with Crippen molar-refractivity contribution in [3.63, 3.8) is 0 Å². The van der Waals surface area contributed by atoms with Crippen molar-refractivity contribution in [3.8, 4) is 5.75 Å². The molecule has 0 heterocycles. The van der Waals surface area contributed by atoms with Crippen LogP contribution in [-0.4, -0.2) is 10.9 Å². The van der Waals surface area contributed by atoms with Gasteiger partial charge in [0.15, 0.2) is 5.78 Å². The standard InChI is InChI=1S/C16H17BrO2/c1-3-16-7-6-12(18)9(2)14(16)10-4-5-13(19)15(17)11(10)8-16/h4-5,19H,3,6-8H2,1-2H3. The van der Waals surface area contributed by atoms with Crippen molar-refractivity contribution in [1.82, 2.24) is 0 Å². The molecular weight excluding hydrogens is 304 g/mol. The van der Waals surface area contributed by atoms with Crippen LogP contribution < -0.4 is 0 Å². The van der Waals surface area contributed by atoms with E-state index in [1.807, 2.05) is 13.0 Å². The first-order valence-corrected chi connectivity index (χ1v) is 7.55. The summed E-state index contributed by atoms with van der Waals surface area (Å²) < 4.78 is 0.792. The summed E-state index contributed by atoms with van der Waals surface area (Å²) in [5, 5.41) is 9.86. The third-order valence-corrected chi connectivity index (χ3v) is 5.72. The van der Waals surface area contributed by atoms with Gasteiger partial charge in [-0.15, -0.1) is 0 Å². The van der Waals surface area contributed by atoms with E-state index in [1.165, 1.54) is 5.57 Å². The van der Waals surface area contributed by atoms with Gasteiger partial charge in [0.05, 0.1) is 4.47 Å². The Morgan fingerprint density at radius 2 is 2.16 bits per heavy atom. The van der Waals surface area contributed by atoms with Gasteiger partial charge in [-0.25, -0.2) is 0 Å². The normalized spacial score (nSPS) is 25.5. The van der Waals surface area contributed by atoms with E-state index in [4.69, 9.17) is 0 Å². The number of halogens is 1. The largest absolute Gasteiger partial charge is 0.507 e. The van der Waals surface area contributed by atoms with E-state index in [2.05, 4.69) is 22.9 Å². The van der Waals surface area contributed by atoms with E-state index in [-0.39, 0.29) is 16.9 Å². The summed E-state index contributed by atoms with van der Waals surface area (Å²) in [5.74, 6) is 0.560. The van der Waals surface area contributed by atoms with Crippen LogP contribution in [0.4, 0.5) is 0 Å². The summed E-state index contributed by atoms with van der Waals surface area (Å²) in [6.45, 7) is 4.15. The molecule has 0 fully saturated rings. The Morgan fingerprint density at radius 3 is 2.84 bits per heavy atom. The van der Waals surface area contributed by atoms with E-state index in [1.54, 1.807) is 6.07 Å². The SMILES string of the molecule is CCC12CCC(=O)C(C)=C1c1ccc(O)c(Br)c1C2. The van der Waals surface area contributed by atoms with E-state index < -0.39 is 0 Å². The zero-order valence-corrected chi connectivity index (χ0v) is 12.8. The zero-order valence-electron chi connectivity index (χ0n) is 11.2. The molecule has 0 saturated carbocycles. The lowest BCUT2D eigenvalue weighted by Gasteiger charge is -2.34. The molecule has 0 saturated heterocycles. The predicted octanol–water partition coefficient (Wildman–Crippen LogP) is 4.24. The maximum absolute atomic E-state index is 12.0. The van der Waals surface area contributed by atoms with Gasteiger partial charge in [0.25, 0.3) is 0 Å². The third-order valence-electron chi connectivity index (χ3n) is 4.84. The molecular formula is C16H17BrO2. The number of benzene rings is 1. The van der Waals surface area contributed by atoms with Crippen LogP contribution in [0, 0.1) is 5.41 Å². The van der Waals surface area contributed by atoms with Crippen LogP contribution >= 0.6 is 15.9 Å². The molecule has 1 atom stereocenters. The lowest BCUT2D eigenvalue weighted by Crippen LogP contribution is -2.27. The number of aromatic hydroxyl groups is 1. The number of fused-ring (bicyclic) bond motifs is 3. The Bertz CT molecular complexity index is 615. The highest BCUT2D eigenvalue weighted by Gasteiger charge is 2.45. The molecule has 3 rings (SSSR count). The minimum Gasteiger partial charge on any atom is -0.507 e. The summed E-state index contributed by atoms with van der Waals surface area (Å²) in [4.78, 5) is 12.0. The first-order valence-electron chi connectivity index (χ1n) is 6.75. The highest BCUT2D eigenvalue weighted by Crippen LogP contribution is 2.57. The van der Waals surface area contributed by atoms with Crippen molar-refractivity contribution in [2.75, 3.05) is 0 Å². The molecule has 1 aromatic rings. The third kappa shape index (κ3) is 1.64. The van der Waals surface area contributed by atoms with Gasteiger partial charge < -0.3 is 5.11 Å². The lowest BCUT2D eigenvalue weighted by molar-refractivity contribution is -0.116. The van der Waals surface area contributed by atoms with Gasteiger partial charge in [-0.2, -0.15) is 0 Å². The van der Waals surface area contributed by atoms with Crippen LogP contribution in [-0.2, 0) is 11.2 Å². The van der Waals surface area contributed by atoms with Gasteiger partial charge in [-0.1, -0.05) is 13.0 Å². The number of phenols is 1. The van der Waals surface area contributed by atoms with E-state index in [0.717, 1.165) is 40.4 Å². The monoisotopic (exact) mass is 320 g/mol. The molecule has 0 aromatic heterocycles. The Morgan fingerprint density at radius 1 is 1.42 bits per heavy atom. The summed E-state index contributed by atoms with van der Waals surface area (Å²) in [5.41, 5.74) is 4.55. The molecule has 1 aromatic carbocycles. The van der Waals surface area contributed by atoms with Crippen molar-refractivity contribution in [2.45, 2.75) is 39.5 Å². The second kappa shape index (κ2) is 4.20. The highest BCUT2D eigenvalue weighted by molar-refractivity contribution is 9.10. The predicted molar refractivity (Wildman–Crippen MR) is 79.1 cm³/mol. The summed E-state index contributed by atoms with van der Waals surface area (Å²) >= 11 is 3.50. The number of rotatable bonds is 1. The molecule has 2 nitrogen and oxygen atoms in total. The smallest absolute Gasteiger partial charge is 0.158 e. The van der Waals surface area contributed by atoms with E-state index in [9.17, 15) is 9.90 Å². The van der Waals surface area contributed by atoms with Crippen molar-refractivity contribution < 1.29 is 9.90 Å². The Kier molecular flexibility index (Phi) is 2.86. The molecule has 2 aliphatic carbocycles. The number of carbonyl (C=O) groups excluding carboxylic acids is 1. The van der Waals surface area contributed by atoms with Gasteiger partial charge in [-0.05, 0) is 70.5 Å². The molecule has 0 aliphatic heterocycles. The van der Waals surface area contributed by atoms with Crippen molar-refractivity contribution >= 4 is 27.3 Å². The second-order valence-corrected chi connectivity index (χ2v) is 6.45. The number of phenolic OH excluding ortho intramolecular Hbond substituents is 1. The number of carbonyl (C=O) groups is 1. The van der Waals surface area contributed by atoms with Crippen LogP contribution in [0.2, 0.25) is 0 Å². The van der Waals surface area contributed by atoms with Crippen LogP contribution in [0.5, 0.6) is 5.75 Å². The van der Waals surface area contributed by atoms with Crippen LogP contribution in [0.3, 0.4) is 0 Å². The highest BCUT2D eigenvalue weighted by atomic mass is 79.9. The molecule has 19 heavy (non-hydrogen) atoms. The van der Waals surface area contributed by atoms with Gasteiger partial charge in [0.1, 0.15) is 5.75 Å².